The molecule has 1 aromatic rings. The topological polar surface area (TPSA) is 204 Å². The van der Waals surface area contributed by atoms with Gasteiger partial charge >= 0.3 is 0 Å². The lowest BCUT2D eigenvalue weighted by Crippen LogP contribution is -2.53. The Morgan fingerprint density at radius 2 is 1.12 bits per heavy atom. The minimum Gasteiger partial charge on any atom is -0.396 e. The van der Waals surface area contributed by atoms with Crippen LogP contribution in [0.2, 0.25) is 0 Å². The van der Waals surface area contributed by atoms with Crippen LogP contribution in [-0.4, -0.2) is 77.7 Å². The number of ketones is 1. The van der Waals surface area contributed by atoms with Gasteiger partial charge in [-0.25, -0.2) is 0 Å². The maximum atomic E-state index is 12.4. The van der Waals surface area contributed by atoms with Crippen molar-refractivity contribution in [3.63, 3.8) is 0 Å². The minimum atomic E-state index is -4.02. The number of benzene rings is 1. The van der Waals surface area contributed by atoms with Crippen LogP contribution in [0.25, 0.3) is 0 Å². The highest BCUT2D eigenvalue weighted by atomic mass is 32.2. The molecule has 7 rings (SSSR count). The molecule has 6 aliphatic rings. The largest absolute Gasteiger partial charge is 0.396 e. The molecule has 57 heavy (non-hydrogen) atoms. The number of Topliss-reactive ketones (excluding diaryl/α,β-unsaturated/α-hetero) is 1. The third-order valence-corrected chi connectivity index (χ3v) is 18.4. The Bertz CT molecular complexity index is 1570. The first kappa shape index (κ1) is 46.4. The van der Waals surface area contributed by atoms with Gasteiger partial charge in [-0.3, -0.25) is 9.35 Å². The summed E-state index contributed by atoms with van der Waals surface area (Å²) in [4.78, 5) is 12.3. The van der Waals surface area contributed by atoms with Crippen molar-refractivity contribution in [2.24, 2.45) is 80.5 Å². The number of rotatable bonds is 7. The molecule has 324 valence electrons. The molecule has 6 aliphatic carbocycles. The van der Waals surface area contributed by atoms with Crippen LogP contribution in [0.5, 0.6) is 0 Å². The van der Waals surface area contributed by atoms with Gasteiger partial charge in [0.05, 0.1) is 17.1 Å². The van der Waals surface area contributed by atoms with Crippen molar-refractivity contribution in [1.82, 2.24) is 0 Å². The number of aliphatic hydroxyl groups excluding tert-OH is 4. The third-order valence-electron chi connectivity index (χ3n) is 17.5. The van der Waals surface area contributed by atoms with E-state index in [2.05, 4.69) is 34.3 Å². The molecule has 0 amide bonds. The predicted octanol–water partition coefficient (Wildman–Crippen LogP) is 6.46. The molecule has 6 saturated carbocycles. The van der Waals surface area contributed by atoms with Gasteiger partial charge in [-0.05, 0) is 179 Å². The van der Waals surface area contributed by atoms with Gasteiger partial charge in [-0.1, -0.05) is 57.5 Å². The van der Waals surface area contributed by atoms with Gasteiger partial charge in [0.15, 0.2) is 0 Å². The molecule has 11 heteroatoms. The van der Waals surface area contributed by atoms with Crippen LogP contribution in [0.15, 0.2) is 41.3 Å². The van der Waals surface area contributed by atoms with Crippen molar-refractivity contribution in [2.75, 3.05) is 26.3 Å². The first-order chi connectivity index (χ1) is 26.7. The Labute approximate surface area is 343 Å². The van der Waals surface area contributed by atoms with E-state index in [1.165, 1.54) is 37.0 Å². The summed E-state index contributed by atoms with van der Waals surface area (Å²) in [5, 5.41) is 39.9. The molecule has 0 heterocycles. The highest BCUT2D eigenvalue weighted by Crippen LogP contribution is 2.64. The van der Waals surface area contributed by atoms with E-state index >= 15 is 0 Å². The number of carbonyl (C=O) groups is 1. The van der Waals surface area contributed by atoms with Crippen LogP contribution in [-0.2, 0) is 14.9 Å². The van der Waals surface area contributed by atoms with Gasteiger partial charge in [0.1, 0.15) is 5.78 Å². The first-order valence-electron chi connectivity index (χ1n) is 22.0. The van der Waals surface area contributed by atoms with E-state index < -0.39 is 10.1 Å². The monoisotopic (exact) mass is 817 g/mol. The van der Waals surface area contributed by atoms with Gasteiger partial charge in [0.25, 0.3) is 10.1 Å². The zero-order valence-corrected chi connectivity index (χ0v) is 36.4. The average molecular weight is 817 g/mol. The van der Waals surface area contributed by atoms with Crippen LogP contribution in [0.1, 0.15) is 123 Å². The summed E-state index contributed by atoms with van der Waals surface area (Å²) in [5.74, 6) is 3.77. The van der Waals surface area contributed by atoms with Crippen molar-refractivity contribution >= 4 is 15.9 Å². The number of hydrogen-bond donors (Lipinski definition) is 7. The number of fused-ring (bicyclic) bond motifs is 2. The highest BCUT2D eigenvalue weighted by molar-refractivity contribution is 7.85. The molecule has 0 unspecified atom stereocenters. The lowest BCUT2D eigenvalue weighted by molar-refractivity contribution is -0.135. The Hall–Kier alpha value is -1.70. The number of allylic oxidation sites excluding steroid dienone is 1. The zero-order valence-electron chi connectivity index (χ0n) is 35.5. The molecular formula is C46H76N2O8S. The van der Waals surface area contributed by atoms with E-state index in [-0.39, 0.29) is 63.8 Å². The molecule has 0 aliphatic heterocycles. The van der Waals surface area contributed by atoms with Crippen molar-refractivity contribution in [1.29, 1.82) is 0 Å². The van der Waals surface area contributed by atoms with E-state index in [1.807, 2.05) is 6.92 Å². The summed E-state index contributed by atoms with van der Waals surface area (Å²) in [6, 6.07) is 5.99. The second-order valence-electron chi connectivity index (χ2n) is 20.2. The quantitative estimate of drug-likeness (QED) is 0.118. The smallest absolute Gasteiger partial charge is 0.294 e. The SMILES string of the molecule is C=C1CC[C@H]2[C@H](CN)[C@@H]([C@@]3(C)CC[C@H](O)C[C@@H]3CO)CC[C@]12C.C[C@]1([C@H]2CC[C@]3(C)C(=O)CC[C@H]3[C@@H]2CN)CC[C@H](O)C[C@@H]1CO.Cc1ccc(S(=O)(=O)O)cc1. The third kappa shape index (κ3) is 9.02. The Morgan fingerprint density at radius 1 is 0.684 bits per heavy atom. The Balaban J connectivity index is 0.000000174. The van der Waals surface area contributed by atoms with Crippen LogP contribution in [0.3, 0.4) is 0 Å². The van der Waals surface area contributed by atoms with Gasteiger partial charge in [0, 0.05) is 25.0 Å². The molecule has 10 nitrogen and oxygen atoms in total. The fourth-order valence-corrected chi connectivity index (χ4v) is 14.1. The zero-order chi connectivity index (χ0) is 42.1. The molecule has 14 atom stereocenters. The molecule has 0 bridgehead atoms. The standard InChI is InChI=1S/C20H35NO2.C19H33NO3.C7H8O3S/c1-13-4-5-17-16(11-21)18(7-9-19(13,17)2)20(3)8-6-15(23)10-14(20)12-22;1-18(7-5-13(22)9-12(18)11-21)16-6-8-19(2)15(14(16)10-20)3-4-17(19)23;1-6-2-4-7(5-3-6)11(8,9)10/h14-18,22-23H,1,4-12,21H2,2-3H3;12-16,21-22H,3-11,20H2,1-2H3;2-5H,1H3,(H,8,9,10)/t14-,15+,16+,17+,18+,19-,20+;12-,13+,14+,15+,16+,18+,19+;/m11./s1. The van der Waals surface area contributed by atoms with E-state index in [4.69, 9.17) is 16.0 Å². The second-order valence-corrected chi connectivity index (χ2v) is 21.6. The Morgan fingerprint density at radius 3 is 1.56 bits per heavy atom. The molecule has 6 fully saturated rings. The molecule has 1 aromatic carbocycles. The van der Waals surface area contributed by atoms with E-state index in [0.717, 1.165) is 69.9 Å². The van der Waals surface area contributed by atoms with Gasteiger partial charge in [0.2, 0.25) is 0 Å². The fraction of sp³-hybridized carbons (Fsp3) is 0.804. The van der Waals surface area contributed by atoms with Crippen LogP contribution < -0.4 is 11.5 Å². The summed E-state index contributed by atoms with van der Waals surface area (Å²) >= 11 is 0. The lowest BCUT2D eigenvalue weighted by Gasteiger charge is -2.56. The summed E-state index contributed by atoms with van der Waals surface area (Å²) in [6.45, 7) is 17.1. The maximum absolute atomic E-state index is 12.4. The van der Waals surface area contributed by atoms with E-state index in [0.29, 0.717) is 60.7 Å². The number of nitrogens with two attached hydrogens (primary N) is 2. The molecule has 0 saturated heterocycles. The molecule has 9 N–H and O–H groups in total. The number of hydrogen-bond acceptors (Lipinski definition) is 9. The first-order valence-corrected chi connectivity index (χ1v) is 23.4. The van der Waals surface area contributed by atoms with E-state index in [1.54, 1.807) is 12.1 Å². The summed E-state index contributed by atoms with van der Waals surface area (Å²) in [5.41, 5.74) is 15.1. The summed E-state index contributed by atoms with van der Waals surface area (Å²) in [7, 11) is -4.02. The molecule has 0 radical (unpaired) electrons. The van der Waals surface area contributed by atoms with Crippen LogP contribution in [0.4, 0.5) is 0 Å². The van der Waals surface area contributed by atoms with Gasteiger partial charge in [-0.2, -0.15) is 8.42 Å². The predicted molar refractivity (Wildman–Crippen MR) is 224 cm³/mol. The van der Waals surface area contributed by atoms with Crippen molar-refractivity contribution in [3.05, 3.63) is 42.0 Å². The average Bonchev–Trinajstić information content (AvgIpc) is 3.66. The van der Waals surface area contributed by atoms with Crippen molar-refractivity contribution in [3.8, 4) is 0 Å². The number of aliphatic hydroxyl groups is 4. The number of aryl methyl sites for hydroxylation is 1. The Kier molecular flexibility index (Phi) is 14.7. The minimum absolute atomic E-state index is 0.0327. The highest BCUT2D eigenvalue weighted by Gasteiger charge is 2.59. The maximum Gasteiger partial charge on any atom is 0.294 e. The van der Waals surface area contributed by atoms with Crippen molar-refractivity contribution < 1.29 is 38.2 Å². The molecule has 0 spiro atoms. The van der Waals surface area contributed by atoms with Crippen LogP contribution in [0, 0.1) is 75.9 Å². The summed E-state index contributed by atoms with van der Waals surface area (Å²) in [6.07, 6.45) is 13.1. The van der Waals surface area contributed by atoms with Gasteiger partial charge in [-0.15, -0.1) is 0 Å². The van der Waals surface area contributed by atoms with E-state index in [9.17, 15) is 33.6 Å². The second kappa shape index (κ2) is 18.1. The molecular weight excluding hydrogens is 741 g/mol. The fourth-order valence-electron chi connectivity index (χ4n) is 13.6. The van der Waals surface area contributed by atoms with Gasteiger partial charge < -0.3 is 31.9 Å². The normalized spacial score (nSPS) is 43.2. The summed E-state index contributed by atoms with van der Waals surface area (Å²) < 4.78 is 29.6. The number of carbonyl (C=O) groups excluding carboxylic acids is 1. The molecule has 0 aromatic heterocycles. The lowest BCUT2D eigenvalue weighted by atomic mass is 9.49. The van der Waals surface area contributed by atoms with Crippen molar-refractivity contribution in [2.45, 2.75) is 142 Å². The van der Waals surface area contributed by atoms with Crippen LogP contribution >= 0.6 is 0 Å².